The molecule has 0 aliphatic carbocycles. The average Bonchev–Trinajstić information content (AvgIpc) is 2.67. The smallest absolute Gasteiger partial charge is 0.262 e. The van der Waals surface area contributed by atoms with Crippen LogP contribution in [-0.2, 0) is 10.0 Å². The monoisotopic (exact) mass is 422 g/mol. The number of hydrogen-bond acceptors (Lipinski definition) is 3. The van der Waals surface area contributed by atoms with Crippen molar-refractivity contribution in [3.8, 4) is 0 Å². The summed E-state index contributed by atoms with van der Waals surface area (Å²) in [5.74, 6) is -0.360. The SMILES string of the molecule is Cc1ccc(NC(=O)c2ccc(C)c(S(=O)(=O)Nc3ccc(C)c(C)c3)c2)cc1C. The van der Waals surface area contributed by atoms with Gasteiger partial charge in [-0.1, -0.05) is 18.2 Å². The number of hydrogen-bond donors (Lipinski definition) is 2. The fourth-order valence-corrected chi connectivity index (χ4v) is 4.39. The van der Waals surface area contributed by atoms with E-state index in [1.165, 1.54) is 6.07 Å². The fourth-order valence-electron chi connectivity index (χ4n) is 3.07. The van der Waals surface area contributed by atoms with Crippen LogP contribution in [0.15, 0.2) is 59.5 Å². The number of nitrogens with one attached hydrogen (secondary N) is 2. The maximum Gasteiger partial charge on any atom is 0.262 e. The number of carbonyl (C=O) groups is 1. The Bertz CT molecular complexity index is 1230. The number of carbonyl (C=O) groups excluding carboxylic acids is 1. The molecule has 0 radical (unpaired) electrons. The van der Waals surface area contributed by atoms with E-state index < -0.39 is 10.0 Å². The van der Waals surface area contributed by atoms with Crippen molar-refractivity contribution in [1.29, 1.82) is 0 Å². The van der Waals surface area contributed by atoms with E-state index >= 15 is 0 Å². The van der Waals surface area contributed by atoms with Crippen LogP contribution in [0.25, 0.3) is 0 Å². The Balaban J connectivity index is 1.88. The molecule has 5 nitrogen and oxygen atoms in total. The number of amides is 1. The van der Waals surface area contributed by atoms with Crippen molar-refractivity contribution >= 4 is 27.3 Å². The molecule has 2 N–H and O–H groups in total. The van der Waals surface area contributed by atoms with Crippen molar-refractivity contribution in [2.24, 2.45) is 0 Å². The molecule has 0 fully saturated rings. The second-order valence-corrected chi connectivity index (χ2v) is 9.29. The highest BCUT2D eigenvalue weighted by Gasteiger charge is 2.20. The van der Waals surface area contributed by atoms with Crippen LogP contribution in [0.1, 0.15) is 38.2 Å². The van der Waals surface area contributed by atoms with Crippen LogP contribution in [0.5, 0.6) is 0 Å². The number of sulfonamides is 1. The molecule has 6 heteroatoms. The van der Waals surface area contributed by atoms with Crippen molar-refractivity contribution in [3.63, 3.8) is 0 Å². The van der Waals surface area contributed by atoms with Gasteiger partial charge in [0, 0.05) is 16.9 Å². The molecule has 0 spiro atoms. The van der Waals surface area contributed by atoms with E-state index in [9.17, 15) is 13.2 Å². The lowest BCUT2D eigenvalue weighted by molar-refractivity contribution is 0.102. The van der Waals surface area contributed by atoms with Gasteiger partial charge in [-0.15, -0.1) is 0 Å². The van der Waals surface area contributed by atoms with E-state index in [2.05, 4.69) is 10.0 Å². The molecule has 0 saturated carbocycles. The van der Waals surface area contributed by atoms with E-state index in [-0.39, 0.29) is 16.4 Å². The van der Waals surface area contributed by atoms with Gasteiger partial charge in [0.05, 0.1) is 4.90 Å². The Hall–Kier alpha value is -3.12. The van der Waals surface area contributed by atoms with Crippen molar-refractivity contribution in [3.05, 3.63) is 88.0 Å². The van der Waals surface area contributed by atoms with Gasteiger partial charge in [-0.05, 0) is 98.8 Å². The molecule has 0 aromatic heterocycles. The first kappa shape index (κ1) is 21.6. The van der Waals surface area contributed by atoms with Gasteiger partial charge in [0.1, 0.15) is 0 Å². The summed E-state index contributed by atoms with van der Waals surface area (Å²) < 4.78 is 28.6. The molecule has 0 saturated heterocycles. The number of rotatable bonds is 5. The van der Waals surface area contributed by atoms with Crippen LogP contribution >= 0.6 is 0 Å². The molecule has 1 amide bonds. The molecule has 3 aromatic rings. The average molecular weight is 423 g/mol. The Labute approximate surface area is 178 Å². The third-order valence-electron chi connectivity index (χ3n) is 5.26. The molecular formula is C24H26N2O3S. The van der Waals surface area contributed by atoms with Crippen molar-refractivity contribution in [1.82, 2.24) is 0 Å². The Morgan fingerprint density at radius 2 is 1.20 bits per heavy atom. The zero-order valence-corrected chi connectivity index (χ0v) is 18.6. The number of anilines is 2. The zero-order valence-electron chi connectivity index (χ0n) is 17.8. The number of benzene rings is 3. The maximum absolute atomic E-state index is 13.0. The topological polar surface area (TPSA) is 75.3 Å². The summed E-state index contributed by atoms with van der Waals surface area (Å²) in [6, 6.07) is 15.7. The molecule has 30 heavy (non-hydrogen) atoms. The van der Waals surface area contributed by atoms with Crippen LogP contribution in [0.3, 0.4) is 0 Å². The first-order valence-corrected chi connectivity index (χ1v) is 11.1. The Morgan fingerprint density at radius 1 is 0.667 bits per heavy atom. The predicted molar refractivity (Wildman–Crippen MR) is 122 cm³/mol. The van der Waals surface area contributed by atoms with Crippen molar-refractivity contribution < 1.29 is 13.2 Å². The summed E-state index contributed by atoms with van der Waals surface area (Å²) in [7, 11) is -3.84. The Morgan fingerprint density at radius 3 is 1.80 bits per heavy atom. The van der Waals surface area contributed by atoms with Crippen LogP contribution in [0.4, 0.5) is 11.4 Å². The molecule has 156 valence electrons. The van der Waals surface area contributed by atoms with Gasteiger partial charge in [0.25, 0.3) is 15.9 Å². The van der Waals surface area contributed by atoms with E-state index in [4.69, 9.17) is 0 Å². The highest BCUT2D eigenvalue weighted by atomic mass is 32.2. The second-order valence-electron chi connectivity index (χ2n) is 7.64. The predicted octanol–water partition coefficient (Wildman–Crippen LogP) is 5.28. The number of aryl methyl sites for hydroxylation is 5. The summed E-state index contributed by atoms with van der Waals surface area (Å²) in [6.45, 7) is 9.58. The first-order valence-electron chi connectivity index (χ1n) is 9.66. The minimum Gasteiger partial charge on any atom is -0.322 e. The minimum atomic E-state index is -3.84. The normalized spacial score (nSPS) is 11.2. The molecule has 0 atom stereocenters. The molecule has 0 heterocycles. The standard InChI is InChI=1S/C24H26N2O3S/c1-15-7-10-21(12-18(15)4)25-24(27)20-9-6-17(3)23(14-20)30(28,29)26-22-11-8-16(2)19(5)13-22/h6-14,26H,1-5H3,(H,25,27). The molecule has 0 unspecified atom stereocenters. The zero-order chi connectivity index (χ0) is 22.1. The van der Waals surface area contributed by atoms with Crippen molar-refractivity contribution in [2.75, 3.05) is 10.0 Å². The highest BCUT2D eigenvalue weighted by molar-refractivity contribution is 7.92. The lowest BCUT2D eigenvalue weighted by atomic mass is 10.1. The summed E-state index contributed by atoms with van der Waals surface area (Å²) in [6.07, 6.45) is 0. The van der Waals surface area contributed by atoms with E-state index in [1.54, 1.807) is 31.2 Å². The third kappa shape index (κ3) is 4.71. The lowest BCUT2D eigenvalue weighted by Gasteiger charge is -2.13. The second kappa shape index (κ2) is 8.32. The lowest BCUT2D eigenvalue weighted by Crippen LogP contribution is -2.17. The maximum atomic E-state index is 13.0. The van der Waals surface area contributed by atoms with Crippen molar-refractivity contribution in [2.45, 2.75) is 39.5 Å². The van der Waals surface area contributed by atoms with Gasteiger partial charge in [-0.25, -0.2) is 8.42 Å². The molecular weight excluding hydrogens is 396 g/mol. The summed E-state index contributed by atoms with van der Waals surface area (Å²) >= 11 is 0. The van der Waals surface area contributed by atoms with E-state index in [1.807, 2.05) is 52.0 Å². The highest BCUT2D eigenvalue weighted by Crippen LogP contribution is 2.23. The molecule has 0 bridgehead atoms. The van der Waals surface area contributed by atoms with E-state index in [0.29, 0.717) is 16.9 Å². The minimum absolute atomic E-state index is 0.0773. The van der Waals surface area contributed by atoms with Crippen LogP contribution in [0.2, 0.25) is 0 Å². The largest absolute Gasteiger partial charge is 0.322 e. The molecule has 3 rings (SSSR count). The summed E-state index contributed by atoms with van der Waals surface area (Å²) in [5, 5.41) is 2.83. The summed E-state index contributed by atoms with van der Waals surface area (Å²) in [5.41, 5.74) is 6.27. The van der Waals surface area contributed by atoms with Gasteiger partial charge in [0.2, 0.25) is 0 Å². The molecule has 0 aliphatic heterocycles. The third-order valence-corrected chi connectivity index (χ3v) is 6.79. The van der Waals surface area contributed by atoms with Crippen LogP contribution in [-0.4, -0.2) is 14.3 Å². The quantitative estimate of drug-likeness (QED) is 0.587. The molecule has 3 aromatic carbocycles. The van der Waals surface area contributed by atoms with Gasteiger partial charge in [0.15, 0.2) is 0 Å². The first-order chi connectivity index (χ1) is 14.1. The van der Waals surface area contributed by atoms with E-state index in [0.717, 1.165) is 22.3 Å². The van der Waals surface area contributed by atoms with Gasteiger partial charge < -0.3 is 5.32 Å². The van der Waals surface area contributed by atoms with Gasteiger partial charge in [-0.2, -0.15) is 0 Å². The van der Waals surface area contributed by atoms with Gasteiger partial charge >= 0.3 is 0 Å². The van der Waals surface area contributed by atoms with Gasteiger partial charge in [-0.3, -0.25) is 9.52 Å². The van der Waals surface area contributed by atoms with Crippen LogP contribution in [0, 0.1) is 34.6 Å². The Kier molecular flexibility index (Phi) is 5.99. The van der Waals surface area contributed by atoms with Crippen LogP contribution < -0.4 is 10.0 Å². The fraction of sp³-hybridized carbons (Fsp3) is 0.208. The molecule has 0 aliphatic rings. The summed E-state index contributed by atoms with van der Waals surface area (Å²) in [4.78, 5) is 12.8.